The van der Waals surface area contributed by atoms with Gasteiger partial charge in [0, 0.05) is 92.0 Å². The maximum atomic E-state index is 15.0. The maximum absolute atomic E-state index is 15.0. The van der Waals surface area contributed by atoms with E-state index >= 15 is 0 Å². The number of nitrogens with one attached hydrogen (secondary N) is 8. The van der Waals surface area contributed by atoms with Gasteiger partial charge in [-0.1, -0.05) is 119 Å². The van der Waals surface area contributed by atoms with Gasteiger partial charge in [-0.3, -0.25) is 62.4 Å². The van der Waals surface area contributed by atoms with Crippen molar-refractivity contribution in [1.29, 1.82) is 0 Å². The minimum atomic E-state index is -1.74. The fourth-order valence-electron chi connectivity index (χ4n) is 12.9. The largest absolute Gasteiger partial charge is 0.508 e. The van der Waals surface area contributed by atoms with Gasteiger partial charge in [0.05, 0.1) is 42.3 Å². The summed E-state index contributed by atoms with van der Waals surface area (Å²) in [7, 11) is 3.92. The van der Waals surface area contributed by atoms with Gasteiger partial charge in [-0.15, -0.1) is 11.3 Å². The Morgan fingerprint density at radius 2 is 1.31 bits per heavy atom. The molecule has 1 unspecified atom stereocenters. The minimum absolute atomic E-state index is 0.0158. The van der Waals surface area contributed by atoms with Crippen LogP contribution in [0.25, 0.3) is 0 Å². The normalized spacial score (nSPS) is 15.3. The molecule has 2 aromatic carbocycles. The molecule has 0 bridgehead atoms. The number of nitrogens with zero attached hydrogens (tertiary/aromatic N) is 3. The quantitative estimate of drug-likeness (QED) is 0.0125. The average molecular weight is 1700 g/mol. The number of hydrogen-bond acceptors (Lipinski definition) is 24. The van der Waals surface area contributed by atoms with E-state index in [0.29, 0.717) is 48.2 Å². The molecule has 2 heterocycles. The van der Waals surface area contributed by atoms with Crippen molar-refractivity contribution in [3.8, 4) is 5.75 Å². The molecule has 9 amide bonds. The zero-order valence-electron chi connectivity index (χ0n) is 67.5. The van der Waals surface area contributed by atoms with Crippen molar-refractivity contribution < 1.29 is 117 Å². The van der Waals surface area contributed by atoms with E-state index in [0.717, 1.165) is 53.0 Å². The molecule has 648 valence electrons. The predicted octanol–water partition coefficient (Wildman–Crippen LogP) is 6.42. The first-order valence-electron chi connectivity index (χ1n) is 39.3. The Kier molecular flexibility index (Phi) is 44.8. The number of phenolic OH excluding ortho intramolecular Hbond substituents is 1. The lowest BCUT2D eigenvalue weighted by Gasteiger charge is -2.39. The third-order valence-electron chi connectivity index (χ3n) is 19.7. The van der Waals surface area contributed by atoms with Crippen LogP contribution in [0.2, 0.25) is 0 Å². The first-order chi connectivity index (χ1) is 55.5. The summed E-state index contributed by atoms with van der Waals surface area (Å²) in [5.41, 5.74) is 1.82. The summed E-state index contributed by atoms with van der Waals surface area (Å²) in [5.74, 6) is -16.5. The van der Waals surface area contributed by atoms with E-state index in [1.807, 2.05) is 48.6 Å². The number of thiazole rings is 1. The molecule has 0 aliphatic carbocycles. The number of esters is 2. The first kappa shape index (κ1) is 99.4. The van der Waals surface area contributed by atoms with E-state index < -0.39 is 157 Å². The average Bonchev–Trinajstić information content (AvgIpc) is 1.77. The smallest absolute Gasteiger partial charge is 0.327 e. The molecule has 1 aliphatic rings. The second kappa shape index (κ2) is 52.7. The van der Waals surface area contributed by atoms with Crippen molar-refractivity contribution in [3.63, 3.8) is 0 Å². The number of rotatable bonds is 56. The van der Waals surface area contributed by atoms with Crippen LogP contribution in [0.1, 0.15) is 196 Å². The lowest BCUT2D eigenvalue weighted by molar-refractivity contribution is -0.160. The molecular weight excluding hydrogens is 1580 g/mol. The number of Topliss-reactive ketones (excluding diaryl/α,β-unsaturated/α-hetero) is 2. The number of piperidine rings is 1. The van der Waals surface area contributed by atoms with Crippen LogP contribution >= 0.6 is 32.9 Å². The molecular formula is C79H115N11O24S3. The summed E-state index contributed by atoms with van der Waals surface area (Å²) in [6.07, 6.45) is 2.25. The molecule has 117 heavy (non-hydrogen) atoms. The number of ether oxygens (including phenoxy) is 2. The van der Waals surface area contributed by atoms with Crippen LogP contribution in [0, 0.1) is 29.6 Å². The number of carbonyl (C=O) groups excluding carboxylic acids is 11. The van der Waals surface area contributed by atoms with Gasteiger partial charge in [-0.25, -0.2) is 24.2 Å². The summed E-state index contributed by atoms with van der Waals surface area (Å²) in [6, 6.07) is 5.21. The van der Waals surface area contributed by atoms with E-state index in [-0.39, 0.29) is 143 Å². The molecule has 38 heteroatoms. The zero-order valence-corrected chi connectivity index (χ0v) is 70.0. The van der Waals surface area contributed by atoms with Crippen molar-refractivity contribution in [1.82, 2.24) is 57.3 Å². The number of carboxylic acids is 5. The molecule has 0 saturated carbocycles. The molecule has 35 nitrogen and oxygen atoms in total. The predicted molar refractivity (Wildman–Crippen MR) is 433 cm³/mol. The zero-order chi connectivity index (χ0) is 86.8. The number of carbonyl (C=O) groups is 16. The molecule has 11 atom stereocenters. The van der Waals surface area contributed by atoms with Gasteiger partial charge >= 0.3 is 53.8 Å². The number of likely N-dealkylation sites (N-methyl/N-ethyl adjacent to an activating group) is 1. The molecule has 1 saturated heterocycles. The van der Waals surface area contributed by atoms with Crippen molar-refractivity contribution >= 4 is 128 Å². The molecule has 14 N–H and O–H groups in total. The summed E-state index contributed by atoms with van der Waals surface area (Å²) < 4.78 is 11.0. The molecule has 1 aliphatic heterocycles. The number of urea groups is 2. The van der Waals surface area contributed by atoms with Gasteiger partial charge in [-0.05, 0) is 118 Å². The monoisotopic (exact) mass is 1700 g/mol. The van der Waals surface area contributed by atoms with E-state index in [1.165, 1.54) is 35.6 Å². The summed E-state index contributed by atoms with van der Waals surface area (Å²) in [4.78, 5) is 214. The van der Waals surface area contributed by atoms with Crippen molar-refractivity contribution in [3.05, 3.63) is 81.3 Å². The molecule has 4 rings (SSSR count). The Bertz CT molecular complexity index is 3810. The lowest BCUT2D eigenvalue weighted by atomic mass is 9.82. The van der Waals surface area contributed by atoms with Crippen LogP contribution in [0.4, 0.5) is 9.59 Å². The summed E-state index contributed by atoms with van der Waals surface area (Å²) >= 11 is 1.26. The Labute approximate surface area is 692 Å². The van der Waals surface area contributed by atoms with E-state index in [1.54, 1.807) is 41.5 Å². The van der Waals surface area contributed by atoms with Gasteiger partial charge in [0.15, 0.2) is 18.3 Å². The molecule has 1 fully saturated rings. The van der Waals surface area contributed by atoms with Gasteiger partial charge in [0.25, 0.3) is 5.91 Å². The topological polar surface area (TPSA) is 529 Å². The van der Waals surface area contributed by atoms with Crippen LogP contribution in [0.5, 0.6) is 5.75 Å². The highest BCUT2D eigenvalue weighted by atomic mass is 33.1. The third kappa shape index (κ3) is 37.9. The SMILES string of the molecule is CCCC(=O)OCN(C(=O)C(CC(=O)[C@H]1CCCCN1C)[C@@H](C)CC)[C@H](C[C@@H](C)c1nc(C(=O)N[C@@H](Cc2ccc(O)cc2)C[C@H](C)C(=O)NCC(=O)OCCSSC[C@H](NC(=O)[C@H](CC(=O)O)CC(=O)[C@H](CC(=O)O)NC(=O)Cc2ccc(CNC(=O)NCCCC[C@H](NC(=O)NCCCC(=O)O)C(=O)O)cc2)C(=O)O)cs1)C(C)C. The number of unbranched alkanes of at least 4 members (excludes halogenated alkanes) is 1. The van der Waals surface area contributed by atoms with Crippen LogP contribution in [0.3, 0.4) is 0 Å². The van der Waals surface area contributed by atoms with Crippen LogP contribution in [-0.2, 0) is 91.2 Å². The van der Waals surface area contributed by atoms with Crippen molar-refractivity contribution in [2.45, 2.75) is 219 Å². The second-order valence-corrected chi connectivity index (χ2v) is 33.1. The van der Waals surface area contributed by atoms with E-state index in [2.05, 4.69) is 47.4 Å². The summed E-state index contributed by atoms with van der Waals surface area (Å²) in [5, 5.41) is 79.9. The van der Waals surface area contributed by atoms with Crippen LogP contribution in [-0.4, -0.2) is 235 Å². The van der Waals surface area contributed by atoms with E-state index in [9.17, 15) is 102 Å². The Morgan fingerprint density at radius 1 is 0.650 bits per heavy atom. The minimum Gasteiger partial charge on any atom is -0.508 e. The van der Waals surface area contributed by atoms with Gasteiger partial charge in [0.2, 0.25) is 23.6 Å². The number of amides is 9. The third-order valence-corrected chi connectivity index (χ3v) is 23.2. The van der Waals surface area contributed by atoms with Gasteiger partial charge in [0.1, 0.15) is 36.7 Å². The number of carboxylic acid groups (broad SMARTS) is 5. The number of aromatic hydroxyl groups is 1. The van der Waals surface area contributed by atoms with Crippen LogP contribution < -0.4 is 42.5 Å². The number of aliphatic carboxylic acids is 5. The molecule has 0 spiro atoms. The molecule has 1 aromatic heterocycles. The van der Waals surface area contributed by atoms with Crippen molar-refractivity contribution in [2.24, 2.45) is 29.6 Å². The Hall–Kier alpha value is -9.95. The number of ketones is 2. The Morgan fingerprint density at radius 3 is 1.94 bits per heavy atom. The molecule has 0 radical (unpaired) electrons. The highest BCUT2D eigenvalue weighted by molar-refractivity contribution is 8.76. The standard InChI is InChI=1S/C79H115N11O24S3/c1-9-16-69(101)114-45-90(75(106)56(47(5)10-2)39-64(93)61-18-12-14-30-89(61)8)62(46(3)4)34-49(7)74-87-59(43-115-74)73(105)84-54(35-50-24-26-55(91)27-25-50)33-48(6)71(103)82-42-70(102)113-31-32-116-117-44-60(77(109)110)86-72(104)53(38-67(97)98)37-63(92)58(40-68(99)100)85-65(94)36-51-20-22-52(23-21-51)41-83-78(111)80-28-13-11-17-57(76(107)108)88-79(112)81-29-15-19-66(95)96/h20-27,43,46-49,53-54,56-58,60-62,91H,9-19,28-42,44-45H2,1-8H3,(H,82,103)(H,84,105)(H,85,94)(H,86,104)(H,95,96)(H,97,98)(H,99,100)(H,107,108)(H,109,110)(H2,80,83,111)(H2,81,88,112)/t47-,48-,49+,53-,54+,56?,57-,58-,60-,61+,62+/m0/s1. The van der Waals surface area contributed by atoms with Gasteiger partial charge in [-0.2, -0.15) is 0 Å². The second-order valence-electron chi connectivity index (χ2n) is 29.6. The summed E-state index contributed by atoms with van der Waals surface area (Å²) in [6.45, 7) is 13.3. The number of phenols is 1. The molecule has 3 aromatic rings. The lowest BCUT2D eigenvalue weighted by Crippen LogP contribution is -2.50. The first-order valence-corrected chi connectivity index (χ1v) is 42.6. The maximum Gasteiger partial charge on any atom is 0.327 e. The number of aromatic nitrogens is 1. The van der Waals surface area contributed by atoms with Crippen LogP contribution in [0.15, 0.2) is 53.9 Å². The van der Waals surface area contributed by atoms with Gasteiger partial charge < -0.3 is 87.5 Å². The van der Waals surface area contributed by atoms with Crippen molar-refractivity contribution in [2.75, 3.05) is 58.1 Å². The van der Waals surface area contributed by atoms with E-state index in [4.69, 9.17) is 19.6 Å². The number of hydrogen-bond donors (Lipinski definition) is 14. The fourth-order valence-corrected chi connectivity index (χ4v) is 15.7. The highest BCUT2D eigenvalue weighted by Gasteiger charge is 2.40. The Balaban J connectivity index is 1.26. The highest BCUT2D eigenvalue weighted by Crippen LogP contribution is 2.33. The number of benzene rings is 2. The number of likely N-dealkylation sites (tertiary alicyclic amines) is 1. The fraction of sp³-hybridized carbons (Fsp3) is 0.608.